The molecule has 11 heteroatoms. The van der Waals surface area contributed by atoms with Crippen molar-refractivity contribution in [1.82, 2.24) is 15.1 Å². The first-order chi connectivity index (χ1) is 14.9. The Hall–Kier alpha value is -4.46. The Morgan fingerprint density at radius 3 is 2.71 bits per heavy atom. The van der Waals surface area contributed by atoms with Crippen LogP contribution in [0.15, 0.2) is 48.5 Å². The summed E-state index contributed by atoms with van der Waals surface area (Å²) in [5.74, 6) is -0.245. The molecule has 0 fully saturated rings. The molecule has 0 aliphatic rings. The summed E-state index contributed by atoms with van der Waals surface area (Å²) in [6.45, 7) is 0.273. The number of urea groups is 1. The van der Waals surface area contributed by atoms with Crippen LogP contribution in [0, 0.1) is 27.3 Å². The third kappa shape index (κ3) is 5.13. The number of hydrogen-bond acceptors (Lipinski definition) is 6. The minimum Gasteiger partial charge on any atom is -0.382 e. The normalized spacial score (nSPS) is 10.3. The molecule has 2 amide bonds. The third-order valence-electron chi connectivity index (χ3n) is 4.37. The number of aryl methyl sites for hydroxylation is 1. The number of rotatable bonds is 7. The summed E-state index contributed by atoms with van der Waals surface area (Å²) in [5, 5.41) is 29.7. The largest absolute Gasteiger partial charge is 0.382 e. The third-order valence-corrected chi connectivity index (χ3v) is 4.37. The minimum absolute atomic E-state index is 0.129. The Balaban J connectivity index is 1.57. The topological polar surface area (TPSA) is 152 Å². The van der Waals surface area contributed by atoms with E-state index in [-0.39, 0.29) is 23.6 Å². The van der Waals surface area contributed by atoms with Crippen molar-refractivity contribution in [3.8, 4) is 11.8 Å². The molecule has 0 radical (unpaired) electrons. The molecule has 0 bridgehead atoms. The van der Waals surface area contributed by atoms with Crippen molar-refractivity contribution in [1.29, 1.82) is 5.26 Å². The van der Waals surface area contributed by atoms with E-state index in [9.17, 15) is 24.6 Å². The molecule has 0 atom stereocenters. The van der Waals surface area contributed by atoms with Gasteiger partial charge in [0.1, 0.15) is 23.3 Å². The van der Waals surface area contributed by atoms with Crippen molar-refractivity contribution in [3.05, 3.63) is 75.7 Å². The Bertz CT molecular complexity index is 1150. The average molecular weight is 423 g/mol. The van der Waals surface area contributed by atoms with Gasteiger partial charge >= 0.3 is 6.03 Å². The second kappa shape index (κ2) is 9.36. The summed E-state index contributed by atoms with van der Waals surface area (Å²) in [6, 6.07) is 12.6. The van der Waals surface area contributed by atoms with E-state index in [1.54, 1.807) is 0 Å². The SMILES string of the molecule is N#Cc1c(CCCNC(=O)Nc2cccc([N+](=O)[O-])c2)nn(-c2ccc(F)cc2)c1N. The Morgan fingerprint density at radius 1 is 1.29 bits per heavy atom. The van der Waals surface area contributed by atoms with Crippen LogP contribution in [0.25, 0.3) is 5.69 Å². The van der Waals surface area contributed by atoms with Crippen LogP contribution >= 0.6 is 0 Å². The van der Waals surface area contributed by atoms with Gasteiger partial charge in [-0.2, -0.15) is 10.4 Å². The zero-order valence-corrected chi connectivity index (χ0v) is 16.2. The van der Waals surface area contributed by atoms with E-state index in [1.165, 1.54) is 53.2 Å². The molecular formula is C20H18FN7O3. The molecule has 2 aromatic carbocycles. The summed E-state index contributed by atoms with van der Waals surface area (Å²) in [4.78, 5) is 22.2. The van der Waals surface area contributed by atoms with Crippen molar-refractivity contribution in [3.63, 3.8) is 0 Å². The number of hydrogen-bond donors (Lipinski definition) is 3. The molecule has 1 aromatic heterocycles. The highest BCUT2D eigenvalue weighted by Crippen LogP contribution is 2.22. The van der Waals surface area contributed by atoms with E-state index in [1.807, 2.05) is 6.07 Å². The molecule has 3 aromatic rings. The second-order valence-corrected chi connectivity index (χ2v) is 6.50. The molecule has 158 valence electrons. The average Bonchev–Trinajstić information content (AvgIpc) is 3.07. The van der Waals surface area contributed by atoms with Gasteiger partial charge in [0, 0.05) is 24.4 Å². The van der Waals surface area contributed by atoms with Crippen molar-refractivity contribution >= 4 is 23.2 Å². The molecule has 4 N–H and O–H groups in total. The number of nitro benzene ring substituents is 1. The summed E-state index contributed by atoms with van der Waals surface area (Å²) >= 11 is 0. The predicted octanol–water partition coefficient (Wildman–Crippen LogP) is 3.13. The maximum absolute atomic E-state index is 13.1. The maximum Gasteiger partial charge on any atom is 0.319 e. The fourth-order valence-electron chi connectivity index (χ4n) is 2.88. The molecule has 0 spiro atoms. The van der Waals surface area contributed by atoms with Gasteiger partial charge in [-0.1, -0.05) is 6.07 Å². The highest BCUT2D eigenvalue weighted by Gasteiger charge is 2.16. The number of aromatic nitrogens is 2. The molecule has 0 saturated heterocycles. The monoisotopic (exact) mass is 423 g/mol. The quantitative estimate of drug-likeness (QED) is 0.302. The number of amides is 2. The van der Waals surface area contributed by atoms with Crippen LogP contribution in [0.4, 0.5) is 26.4 Å². The van der Waals surface area contributed by atoms with Gasteiger partial charge < -0.3 is 16.4 Å². The number of benzene rings is 2. The molecule has 3 rings (SSSR count). The summed E-state index contributed by atoms with van der Waals surface area (Å²) in [7, 11) is 0. The first-order valence-electron chi connectivity index (χ1n) is 9.21. The van der Waals surface area contributed by atoms with E-state index < -0.39 is 16.8 Å². The molecule has 0 aliphatic heterocycles. The molecular weight excluding hydrogens is 405 g/mol. The van der Waals surface area contributed by atoms with Crippen LogP contribution in [0.2, 0.25) is 0 Å². The Morgan fingerprint density at radius 2 is 2.03 bits per heavy atom. The van der Waals surface area contributed by atoms with E-state index in [0.29, 0.717) is 29.9 Å². The second-order valence-electron chi connectivity index (χ2n) is 6.50. The van der Waals surface area contributed by atoms with Gasteiger partial charge in [-0.25, -0.2) is 13.9 Å². The number of nitro groups is 1. The summed E-state index contributed by atoms with van der Waals surface area (Å²) in [5.41, 5.74) is 7.39. The zero-order valence-electron chi connectivity index (χ0n) is 16.2. The van der Waals surface area contributed by atoms with Crippen LogP contribution in [0.3, 0.4) is 0 Å². The van der Waals surface area contributed by atoms with E-state index in [2.05, 4.69) is 15.7 Å². The highest BCUT2D eigenvalue weighted by molar-refractivity contribution is 5.89. The first kappa shape index (κ1) is 21.3. The van der Waals surface area contributed by atoms with E-state index in [0.717, 1.165) is 0 Å². The van der Waals surface area contributed by atoms with Crippen LogP contribution in [-0.4, -0.2) is 27.3 Å². The fourth-order valence-corrected chi connectivity index (χ4v) is 2.88. The maximum atomic E-state index is 13.1. The van der Waals surface area contributed by atoms with Crippen molar-refractivity contribution in [2.24, 2.45) is 0 Å². The lowest BCUT2D eigenvalue weighted by Gasteiger charge is -2.07. The van der Waals surface area contributed by atoms with Gasteiger partial charge in [0.15, 0.2) is 0 Å². The van der Waals surface area contributed by atoms with Gasteiger partial charge in [-0.05, 0) is 43.2 Å². The summed E-state index contributed by atoms with van der Waals surface area (Å²) < 4.78 is 14.5. The number of non-ortho nitro benzene ring substituents is 1. The Labute approximate surface area is 176 Å². The number of nitrogens with zero attached hydrogens (tertiary/aromatic N) is 4. The van der Waals surface area contributed by atoms with Crippen LogP contribution in [0.1, 0.15) is 17.7 Å². The fraction of sp³-hybridized carbons (Fsp3) is 0.150. The molecule has 31 heavy (non-hydrogen) atoms. The van der Waals surface area contributed by atoms with Gasteiger partial charge in [0.2, 0.25) is 0 Å². The lowest BCUT2D eigenvalue weighted by atomic mass is 10.1. The number of carbonyl (C=O) groups excluding carboxylic acids is 1. The zero-order chi connectivity index (χ0) is 22.4. The molecule has 0 unspecified atom stereocenters. The van der Waals surface area contributed by atoms with E-state index in [4.69, 9.17) is 5.73 Å². The van der Waals surface area contributed by atoms with Crippen molar-refractivity contribution in [2.75, 3.05) is 17.6 Å². The minimum atomic E-state index is -0.549. The Kier molecular flexibility index (Phi) is 6.42. The molecule has 10 nitrogen and oxygen atoms in total. The highest BCUT2D eigenvalue weighted by atomic mass is 19.1. The molecule has 0 saturated carbocycles. The van der Waals surface area contributed by atoms with Gasteiger partial charge in [-0.3, -0.25) is 10.1 Å². The lowest BCUT2D eigenvalue weighted by Crippen LogP contribution is -2.29. The van der Waals surface area contributed by atoms with Crippen molar-refractivity contribution in [2.45, 2.75) is 12.8 Å². The van der Waals surface area contributed by atoms with Crippen LogP contribution in [0.5, 0.6) is 0 Å². The number of nitrogen functional groups attached to an aromatic ring is 1. The van der Waals surface area contributed by atoms with Gasteiger partial charge in [-0.15, -0.1) is 0 Å². The molecule has 0 aliphatic carbocycles. The number of nitriles is 1. The smallest absolute Gasteiger partial charge is 0.319 e. The van der Waals surface area contributed by atoms with E-state index >= 15 is 0 Å². The number of anilines is 2. The number of halogens is 1. The first-order valence-corrected chi connectivity index (χ1v) is 9.21. The molecule has 1 heterocycles. The van der Waals surface area contributed by atoms with Crippen LogP contribution in [-0.2, 0) is 6.42 Å². The van der Waals surface area contributed by atoms with Crippen molar-refractivity contribution < 1.29 is 14.1 Å². The standard InChI is InChI=1S/C20H18FN7O3/c21-13-6-8-15(9-7-13)27-19(23)17(12-22)18(26-27)5-2-10-24-20(29)25-14-3-1-4-16(11-14)28(30)31/h1,3-4,6-9,11H,2,5,10,23H2,(H2,24,25,29). The number of carbonyl (C=O) groups is 1. The predicted molar refractivity (Wildman–Crippen MR) is 111 cm³/mol. The summed E-state index contributed by atoms with van der Waals surface area (Å²) in [6.07, 6.45) is 0.843. The van der Waals surface area contributed by atoms with Crippen LogP contribution < -0.4 is 16.4 Å². The lowest BCUT2D eigenvalue weighted by molar-refractivity contribution is -0.384. The van der Waals surface area contributed by atoms with Gasteiger partial charge in [0.25, 0.3) is 5.69 Å². The number of nitrogens with two attached hydrogens (primary N) is 1. The van der Waals surface area contributed by atoms with Gasteiger partial charge in [0.05, 0.1) is 16.3 Å². The number of nitrogens with one attached hydrogen (secondary N) is 2.